The van der Waals surface area contributed by atoms with Gasteiger partial charge in [-0.05, 0) is 37.5 Å². The first-order valence-electron chi connectivity index (χ1n) is 5.19. The molecule has 0 aromatic heterocycles. The highest BCUT2D eigenvalue weighted by atomic mass is 79.9. The Labute approximate surface area is 94.2 Å². The topological polar surface area (TPSA) is 3.24 Å². The summed E-state index contributed by atoms with van der Waals surface area (Å²) in [6.07, 6.45) is 1.19. The molecule has 1 aliphatic rings. The largest absolute Gasteiger partial charge is 0.296 e. The molecule has 1 aromatic carbocycles. The van der Waals surface area contributed by atoms with E-state index in [0.29, 0.717) is 6.04 Å². The van der Waals surface area contributed by atoms with E-state index in [0.717, 1.165) is 6.54 Å². The van der Waals surface area contributed by atoms with Gasteiger partial charge in [-0.15, -0.1) is 0 Å². The van der Waals surface area contributed by atoms with Gasteiger partial charge in [-0.3, -0.25) is 4.90 Å². The van der Waals surface area contributed by atoms with Crippen molar-refractivity contribution in [2.45, 2.75) is 32.9 Å². The predicted octanol–water partition coefficient (Wildman–Crippen LogP) is 3.22. The van der Waals surface area contributed by atoms with Gasteiger partial charge in [-0.2, -0.15) is 0 Å². The quantitative estimate of drug-likeness (QED) is 0.743. The van der Waals surface area contributed by atoms with Gasteiger partial charge >= 0.3 is 0 Å². The van der Waals surface area contributed by atoms with Crippen molar-refractivity contribution in [1.82, 2.24) is 4.90 Å². The van der Waals surface area contributed by atoms with E-state index in [-0.39, 0.29) is 0 Å². The molecule has 0 unspecified atom stereocenters. The molecule has 0 spiro atoms. The zero-order chi connectivity index (χ0) is 10.1. The van der Waals surface area contributed by atoms with Crippen LogP contribution in [0, 0.1) is 0 Å². The van der Waals surface area contributed by atoms with Crippen LogP contribution in [0.2, 0.25) is 0 Å². The smallest absolute Gasteiger partial charge is 0.0250 e. The van der Waals surface area contributed by atoms with Gasteiger partial charge in [0.25, 0.3) is 0 Å². The third kappa shape index (κ3) is 1.86. The van der Waals surface area contributed by atoms with E-state index in [2.05, 4.69) is 52.9 Å². The molecular formula is C12H16BrN. The number of rotatable bonds is 1. The minimum absolute atomic E-state index is 0.648. The van der Waals surface area contributed by atoms with Crippen molar-refractivity contribution in [3.05, 3.63) is 33.8 Å². The van der Waals surface area contributed by atoms with E-state index in [1.165, 1.54) is 28.6 Å². The molecule has 2 rings (SSSR count). The number of halogens is 1. The van der Waals surface area contributed by atoms with Crippen LogP contribution in [0.5, 0.6) is 0 Å². The Balaban J connectivity index is 2.29. The normalized spacial score (nSPS) is 17.1. The molecule has 0 saturated heterocycles. The van der Waals surface area contributed by atoms with Crippen LogP contribution in [-0.4, -0.2) is 17.5 Å². The lowest BCUT2D eigenvalue weighted by atomic mass is 9.99. The monoisotopic (exact) mass is 253 g/mol. The molecule has 14 heavy (non-hydrogen) atoms. The molecule has 76 valence electrons. The molecule has 0 atom stereocenters. The molecular weight excluding hydrogens is 238 g/mol. The summed E-state index contributed by atoms with van der Waals surface area (Å²) >= 11 is 3.63. The summed E-state index contributed by atoms with van der Waals surface area (Å²) in [6.45, 7) is 6.82. The number of fused-ring (bicyclic) bond motifs is 1. The van der Waals surface area contributed by atoms with Crippen LogP contribution >= 0.6 is 15.9 Å². The standard InChI is InChI=1S/C12H16BrN/c1-9(2)14-7-6-10-4-3-5-12(13)11(10)8-14/h3-5,9H,6-8H2,1-2H3. The van der Waals surface area contributed by atoms with Crippen molar-refractivity contribution < 1.29 is 0 Å². The minimum atomic E-state index is 0.648. The Kier molecular flexibility index (Phi) is 2.93. The minimum Gasteiger partial charge on any atom is -0.296 e. The first-order valence-corrected chi connectivity index (χ1v) is 5.98. The third-order valence-corrected chi connectivity index (χ3v) is 3.72. The van der Waals surface area contributed by atoms with E-state index in [4.69, 9.17) is 0 Å². The van der Waals surface area contributed by atoms with E-state index in [1.54, 1.807) is 0 Å². The summed E-state index contributed by atoms with van der Waals surface area (Å²) in [5.41, 5.74) is 2.99. The summed E-state index contributed by atoms with van der Waals surface area (Å²) in [6, 6.07) is 7.17. The molecule has 1 heterocycles. The summed E-state index contributed by atoms with van der Waals surface area (Å²) < 4.78 is 1.26. The van der Waals surface area contributed by atoms with Gasteiger partial charge in [-0.25, -0.2) is 0 Å². The molecule has 0 bridgehead atoms. The van der Waals surface area contributed by atoms with Crippen LogP contribution in [-0.2, 0) is 13.0 Å². The molecule has 0 radical (unpaired) electrons. The summed E-state index contributed by atoms with van der Waals surface area (Å²) in [5.74, 6) is 0. The second kappa shape index (κ2) is 4.03. The summed E-state index contributed by atoms with van der Waals surface area (Å²) in [7, 11) is 0. The third-order valence-electron chi connectivity index (χ3n) is 2.98. The molecule has 2 heteroatoms. The van der Waals surface area contributed by atoms with Gasteiger partial charge < -0.3 is 0 Å². The predicted molar refractivity (Wildman–Crippen MR) is 63.4 cm³/mol. The SMILES string of the molecule is CC(C)N1CCc2cccc(Br)c2C1. The molecule has 0 saturated carbocycles. The number of benzene rings is 1. The van der Waals surface area contributed by atoms with Crippen LogP contribution in [0.4, 0.5) is 0 Å². The van der Waals surface area contributed by atoms with E-state index >= 15 is 0 Å². The molecule has 0 aliphatic carbocycles. The molecule has 0 N–H and O–H groups in total. The Bertz CT molecular complexity index is 333. The zero-order valence-corrected chi connectivity index (χ0v) is 10.3. The zero-order valence-electron chi connectivity index (χ0n) is 8.76. The number of hydrogen-bond acceptors (Lipinski definition) is 1. The van der Waals surface area contributed by atoms with Crippen molar-refractivity contribution in [1.29, 1.82) is 0 Å². The van der Waals surface area contributed by atoms with E-state index in [1.807, 2.05) is 0 Å². The fourth-order valence-corrected chi connectivity index (χ4v) is 2.53. The molecule has 0 fully saturated rings. The maximum Gasteiger partial charge on any atom is 0.0250 e. The first-order chi connectivity index (χ1) is 6.68. The van der Waals surface area contributed by atoms with Gasteiger partial charge in [0.1, 0.15) is 0 Å². The fourth-order valence-electron chi connectivity index (χ4n) is 2.00. The lowest BCUT2D eigenvalue weighted by molar-refractivity contribution is 0.203. The van der Waals surface area contributed by atoms with Gasteiger partial charge in [0, 0.05) is 23.6 Å². The van der Waals surface area contributed by atoms with Gasteiger partial charge in [0.2, 0.25) is 0 Å². The number of nitrogens with zero attached hydrogens (tertiary/aromatic N) is 1. The second-order valence-corrected chi connectivity index (χ2v) is 5.05. The van der Waals surface area contributed by atoms with Gasteiger partial charge in [-0.1, -0.05) is 28.1 Å². The maximum atomic E-state index is 3.63. The van der Waals surface area contributed by atoms with Crippen LogP contribution < -0.4 is 0 Å². The molecule has 1 aliphatic heterocycles. The average Bonchev–Trinajstić information content (AvgIpc) is 2.18. The molecule has 1 nitrogen and oxygen atoms in total. The lowest BCUT2D eigenvalue weighted by Gasteiger charge is -2.32. The van der Waals surface area contributed by atoms with Crippen molar-refractivity contribution >= 4 is 15.9 Å². The Hall–Kier alpha value is -0.340. The Morgan fingerprint density at radius 2 is 2.14 bits per heavy atom. The van der Waals surface area contributed by atoms with Crippen LogP contribution in [0.15, 0.2) is 22.7 Å². The van der Waals surface area contributed by atoms with Crippen molar-refractivity contribution in [2.24, 2.45) is 0 Å². The van der Waals surface area contributed by atoms with E-state index < -0.39 is 0 Å². The average molecular weight is 254 g/mol. The highest BCUT2D eigenvalue weighted by Gasteiger charge is 2.19. The van der Waals surface area contributed by atoms with E-state index in [9.17, 15) is 0 Å². The van der Waals surface area contributed by atoms with Crippen LogP contribution in [0.1, 0.15) is 25.0 Å². The molecule has 1 aromatic rings. The Morgan fingerprint density at radius 1 is 1.36 bits per heavy atom. The number of hydrogen-bond donors (Lipinski definition) is 0. The first kappa shape index (κ1) is 10.2. The summed E-state index contributed by atoms with van der Waals surface area (Å²) in [4.78, 5) is 2.52. The van der Waals surface area contributed by atoms with Crippen LogP contribution in [0.3, 0.4) is 0 Å². The molecule has 0 amide bonds. The van der Waals surface area contributed by atoms with Gasteiger partial charge in [0.05, 0.1) is 0 Å². The summed E-state index contributed by atoms with van der Waals surface area (Å²) in [5, 5.41) is 0. The second-order valence-electron chi connectivity index (χ2n) is 4.19. The van der Waals surface area contributed by atoms with Crippen LogP contribution in [0.25, 0.3) is 0 Å². The highest BCUT2D eigenvalue weighted by Crippen LogP contribution is 2.27. The van der Waals surface area contributed by atoms with Crippen molar-refractivity contribution in [2.75, 3.05) is 6.54 Å². The Morgan fingerprint density at radius 3 is 2.86 bits per heavy atom. The van der Waals surface area contributed by atoms with Crippen molar-refractivity contribution in [3.8, 4) is 0 Å². The maximum absolute atomic E-state index is 3.63. The van der Waals surface area contributed by atoms with Gasteiger partial charge in [0.15, 0.2) is 0 Å². The highest BCUT2D eigenvalue weighted by molar-refractivity contribution is 9.10. The lowest BCUT2D eigenvalue weighted by Crippen LogP contribution is -2.36. The fraction of sp³-hybridized carbons (Fsp3) is 0.500. The van der Waals surface area contributed by atoms with Crippen molar-refractivity contribution in [3.63, 3.8) is 0 Å².